The van der Waals surface area contributed by atoms with Gasteiger partial charge in [-0.05, 0) is 42.1 Å². The lowest BCUT2D eigenvalue weighted by Gasteiger charge is -2.30. The minimum Gasteiger partial charge on any atom is -0.370 e. The normalized spacial score (nSPS) is 22.2. The highest BCUT2D eigenvalue weighted by atomic mass is 32.1. The first-order chi connectivity index (χ1) is 9.31. The van der Waals surface area contributed by atoms with E-state index in [1.165, 1.54) is 21.6 Å². The molecule has 2 heterocycles. The summed E-state index contributed by atoms with van der Waals surface area (Å²) in [6, 6.07) is 10.9. The lowest BCUT2D eigenvalue weighted by Crippen LogP contribution is -2.27. The lowest BCUT2D eigenvalue weighted by molar-refractivity contribution is 0.0382. The maximum atomic E-state index is 6.07. The van der Waals surface area contributed by atoms with Gasteiger partial charge < -0.3 is 10.1 Å². The zero-order chi connectivity index (χ0) is 13.2. The molecule has 3 heteroatoms. The quantitative estimate of drug-likeness (QED) is 0.924. The molecule has 0 saturated carbocycles. The predicted molar refractivity (Wildman–Crippen MR) is 80.0 cm³/mol. The molecule has 1 aliphatic rings. The third-order valence-corrected chi connectivity index (χ3v) is 4.84. The standard InChI is InChI=1S/C16H19NOS/c1-11-5-3-4-6-12(11)14-10-18-15(9-17-2)16-13(14)7-8-19-16/h3-8,14-15,17H,9-10H2,1-2H3/t14-,15-/m1/s1. The number of nitrogens with one attached hydrogen (secondary N) is 1. The molecule has 1 N–H and O–H groups in total. The van der Waals surface area contributed by atoms with Gasteiger partial charge in [0.2, 0.25) is 0 Å². The Kier molecular flexibility index (Phi) is 3.69. The van der Waals surface area contributed by atoms with E-state index in [0.717, 1.165) is 13.2 Å². The van der Waals surface area contributed by atoms with Crippen LogP contribution >= 0.6 is 11.3 Å². The summed E-state index contributed by atoms with van der Waals surface area (Å²) >= 11 is 1.81. The van der Waals surface area contributed by atoms with Crippen LogP contribution in [0, 0.1) is 6.92 Å². The Balaban J connectivity index is 1.98. The molecule has 1 aliphatic heterocycles. The first kappa shape index (κ1) is 12.9. The van der Waals surface area contributed by atoms with E-state index in [1.54, 1.807) is 0 Å². The van der Waals surface area contributed by atoms with Crippen LogP contribution in [-0.4, -0.2) is 20.2 Å². The summed E-state index contributed by atoms with van der Waals surface area (Å²) < 4.78 is 6.07. The molecular formula is C16H19NOS. The molecule has 19 heavy (non-hydrogen) atoms. The average molecular weight is 273 g/mol. The first-order valence-corrected chi connectivity index (χ1v) is 7.58. The molecular weight excluding hydrogens is 254 g/mol. The van der Waals surface area contributed by atoms with Crippen LogP contribution in [-0.2, 0) is 4.74 Å². The molecule has 0 fully saturated rings. The van der Waals surface area contributed by atoms with Gasteiger partial charge in [0.25, 0.3) is 0 Å². The smallest absolute Gasteiger partial charge is 0.104 e. The number of hydrogen-bond acceptors (Lipinski definition) is 3. The second-order valence-corrected chi connectivity index (χ2v) is 5.98. The van der Waals surface area contributed by atoms with Crippen LogP contribution in [0.15, 0.2) is 35.7 Å². The van der Waals surface area contributed by atoms with Gasteiger partial charge in [0.05, 0.1) is 6.61 Å². The summed E-state index contributed by atoms with van der Waals surface area (Å²) in [5.41, 5.74) is 4.19. The van der Waals surface area contributed by atoms with Gasteiger partial charge in [0.15, 0.2) is 0 Å². The predicted octanol–water partition coefficient (Wildman–Crippen LogP) is 3.48. The van der Waals surface area contributed by atoms with Crippen molar-refractivity contribution in [1.29, 1.82) is 0 Å². The van der Waals surface area contributed by atoms with Gasteiger partial charge >= 0.3 is 0 Å². The number of thiophene rings is 1. The van der Waals surface area contributed by atoms with Crippen LogP contribution in [0.25, 0.3) is 0 Å². The molecule has 0 bridgehead atoms. The van der Waals surface area contributed by atoms with Crippen molar-refractivity contribution in [3.8, 4) is 0 Å². The average Bonchev–Trinajstić information content (AvgIpc) is 2.90. The number of ether oxygens (including phenoxy) is 1. The highest BCUT2D eigenvalue weighted by molar-refractivity contribution is 7.10. The summed E-state index contributed by atoms with van der Waals surface area (Å²) in [7, 11) is 1.98. The molecule has 0 unspecified atom stereocenters. The number of benzene rings is 1. The van der Waals surface area contributed by atoms with Crippen molar-refractivity contribution in [2.45, 2.75) is 18.9 Å². The Morgan fingerprint density at radius 3 is 2.89 bits per heavy atom. The van der Waals surface area contributed by atoms with E-state index in [9.17, 15) is 0 Å². The monoisotopic (exact) mass is 273 g/mol. The van der Waals surface area contributed by atoms with Gasteiger partial charge in [-0.3, -0.25) is 0 Å². The highest BCUT2D eigenvalue weighted by Crippen LogP contribution is 2.41. The molecule has 3 rings (SSSR count). The van der Waals surface area contributed by atoms with Gasteiger partial charge in [0, 0.05) is 17.3 Å². The maximum absolute atomic E-state index is 6.07. The summed E-state index contributed by atoms with van der Waals surface area (Å²) in [6.07, 6.45) is 0.209. The van der Waals surface area contributed by atoms with Crippen LogP contribution in [0.2, 0.25) is 0 Å². The van der Waals surface area contributed by atoms with Crippen LogP contribution in [0.1, 0.15) is 33.6 Å². The molecule has 100 valence electrons. The van der Waals surface area contributed by atoms with Crippen LogP contribution in [0.5, 0.6) is 0 Å². The third kappa shape index (κ3) is 2.34. The molecule has 0 radical (unpaired) electrons. The minimum atomic E-state index is 0.209. The molecule has 1 aromatic carbocycles. The van der Waals surface area contributed by atoms with Gasteiger partial charge in [-0.2, -0.15) is 0 Å². The number of fused-ring (bicyclic) bond motifs is 1. The molecule has 2 aromatic rings. The zero-order valence-corrected chi connectivity index (χ0v) is 12.2. The van der Waals surface area contributed by atoms with E-state index in [4.69, 9.17) is 4.74 Å². The Morgan fingerprint density at radius 2 is 2.11 bits per heavy atom. The van der Waals surface area contributed by atoms with Crippen LogP contribution in [0.3, 0.4) is 0 Å². The minimum absolute atomic E-state index is 0.209. The summed E-state index contributed by atoms with van der Waals surface area (Å²) in [5, 5.41) is 5.40. The van der Waals surface area contributed by atoms with Crippen LogP contribution in [0.4, 0.5) is 0 Å². The highest BCUT2D eigenvalue weighted by Gasteiger charge is 2.30. The summed E-state index contributed by atoms with van der Waals surface area (Å²) in [6.45, 7) is 3.84. The summed E-state index contributed by atoms with van der Waals surface area (Å²) in [5.74, 6) is 0.385. The van der Waals surface area contributed by atoms with Crippen molar-refractivity contribution < 1.29 is 4.74 Å². The van der Waals surface area contributed by atoms with E-state index in [-0.39, 0.29) is 6.10 Å². The van der Waals surface area contributed by atoms with Crippen molar-refractivity contribution in [2.24, 2.45) is 0 Å². The fourth-order valence-corrected chi connectivity index (χ4v) is 3.84. The summed E-state index contributed by atoms with van der Waals surface area (Å²) in [4.78, 5) is 1.38. The molecule has 1 aromatic heterocycles. The lowest BCUT2D eigenvalue weighted by atomic mass is 9.87. The number of hydrogen-bond donors (Lipinski definition) is 1. The fraction of sp³-hybridized carbons (Fsp3) is 0.375. The van der Waals surface area contributed by atoms with E-state index in [0.29, 0.717) is 5.92 Å². The van der Waals surface area contributed by atoms with E-state index < -0.39 is 0 Å². The second kappa shape index (κ2) is 5.45. The zero-order valence-electron chi connectivity index (χ0n) is 11.3. The van der Waals surface area contributed by atoms with E-state index in [2.05, 4.69) is 48.0 Å². The SMILES string of the molecule is CNC[C@H]1OC[C@H](c2ccccc2C)c2ccsc21. The Hall–Kier alpha value is -1.16. The molecule has 2 nitrogen and oxygen atoms in total. The van der Waals surface area contributed by atoms with Gasteiger partial charge in [-0.25, -0.2) is 0 Å². The Labute approximate surface area is 118 Å². The Morgan fingerprint density at radius 1 is 1.26 bits per heavy atom. The van der Waals surface area contributed by atoms with Gasteiger partial charge in [-0.15, -0.1) is 11.3 Å². The largest absolute Gasteiger partial charge is 0.370 e. The van der Waals surface area contributed by atoms with E-state index >= 15 is 0 Å². The first-order valence-electron chi connectivity index (χ1n) is 6.70. The van der Waals surface area contributed by atoms with Gasteiger partial charge in [0.1, 0.15) is 6.10 Å². The number of rotatable bonds is 3. The molecule has 0 saturated heterocycles. The van der Waals surface area contributed by atoms with Crippen molar-refractivity contribution in [1.82, 2.24) is 5.32 Å². The third-order valence-electron chi connectivity index (χ3n) is 3.81. The van der Waals surface area contributed by atoms with Crippen molar-refractivity contribution in [2.75, 3.05) is 20.2 Å². The van der Waals surface area contributed by atoms with Crippen molar-refractivity contribution in [3.63, 3.8) is 0 Å². The maximum Gasteiger partial charge on any atom is 0.104 e. The number of likely N-dealkylation sites (N-methyl/N-ethyl adjacent to an activating group) is 1. The second-order valence-electron chi connectivity index (χ2n) is 5.03. The molecule has 0 amide bonds. The van der Waals surface area contributed by atoms with Crippen LogP contribution < -0.4 is 5.32 Å². The van der Waals surface area contributed by atoms with E-state index in [1.807, 2.05) is 18.4 Å². The van der Waals surface area contributed by atoms with Gasteiger partial charge in [-0.1, -0.05) is 24.3 Å². The van der Waals surface area contributed by atoms with Crippen molar-refractivity contribution in [3.05, 3.63) is 57.3 Å². The molecule has 2 atom stereocenters. The number of aryl methyl sites for hydroxylation is 1. The molecule has 0 spiro atoms. The Bertz CT molecular complexity index is 563. The topological polar surface area (TPSA) is 21.3 Å². The molecule has 0 aliphatic carbocycles. The fourth-order valence-electron chi connectivity index (χ4n) is 2.83. The van der Waals surface area contributed by atoms with Crippen molar-refractivity contribution >= 4 is 11.3 Å².